The Hall–Kier alpha value is -0.910. The van der Waals surface area contributed by atoms with Crippen LogP contribution >= 0.6 is 0 Å². The van der Waals surface area contributed by atoms with Gasteiger partial charge in [-0.3, -0.25) is 4.79 Å². The molecule has 5 heteroatoms. The zero-order chi connectivity index (χ0) is 25.3. The molecular weight excluding hydrogens is 426 g/mol. The Balaban J connectivity index is 3.80. The van der Waals surface area contributed by atoms with Crippen LogP contribution in [0.4, 0.5) is 0 Å². The molecule has 0 saturated carbocycles. The van der Waals surface area contributed by atoms with Crippen LogP contribution in [0.5, 0.6) is 0 Å². The molecule has 0 bridgehead atoms. The molecule has 0 aliphatic carbocycles. The molecule has 0 heterocycles. The number of aliphatic hydroxyl groups excluding tert-OH is 3. The number of rotatable bonds is 25. The average Bonchev–Trinajstić information content (AvgIpc) is 2.82. The van der Waals surface area contributed by atoms with Crippen LogP contribution in [0.1, 0.15) is 142 Å². The van der Waals surface area contributed by atoms with Crippen molar-refractivity contribution in [2.24, 2.45) is 0 Å². The summed E-state index contributed by atoms with van der Waals surface area (Å²) in [6, 6.07) is -0.656. The molecule has 1 amide bonds. The molecule has 3 atom stereocenters. The van der Waals surface area contributed by atoms with Gasteiger partial charge in [0.05, 0.1) is 31.3 Å². The number of allylic oxidation sites excluding steroid dienone is 2. The van der Waals surface area contributed by atoms with E-state index in [0.717, 1.165) is 38.5 Å². The predicted octanol–water partition coefficient (Wildman–Crippen LogP) is 6.58. The fourth-order valence-corrected chi connectivity index (χ4v) is 4.26. The standard InChI is InChI=1S/C29H57NO4/c1-3-5-7-9-11-13-14-15-17-19-21-23-28(33)27(25-31)30-29(34)24-26(32)22-20-18-16-12-10-8-6-4-2/h10,12,26-28,31-33H,3-9,11,13-25H2,1-2H3,(H,30,34)/b12-10-. The highest BCUT2D eigenvalue weighted by Gasteiger charge is 2.21. The van der Waals surface area contributed by atoms with Gasteiger partial charge in [-0.25, -0.2) is 0 Å². The van der Waals surface area contributed by atoms with Crippen LogP contribution in [0.3, 0.4) is 0 Å². The van der Waals surface area contributed by atoms with Crippen LogP contribution in [0.15, 0.2) is 12.2 Å². The molecule has 0 spiro atoms. The second-order valence-corrected chi connectivity index (χ2v) is 10.0. The Morgan fingerprint density at radius 3 is 1.76 bits per heavy atom. The van der Waals surface area contributed by atoms with Crippen molar-refractivity contribution in [2.75, 3.05) is 6.61 Å². The summed E-state index contributed by atoms with van der Waals surface area (Å²) in [6.07, 6.45) is 24.5. The normalized spacial score (nSPS) is 14.4. The molecule has 0 saturated heterocycles. The molecule has 0 fully saturated rings. The number of hydrogen-bond acceptors (Lipinski definition) is 4. The van der Waals surface area contributed by atoms with Crippen LogP contribution in [0.2, 0.25) is 0 Å². The van der Waals surface area contributed by atoms with Gasteiger partial charge < -0.3 is 20.6 Å². The minimum absolute atomic E-state index is 0.0218. The van der Waals surface area contributed by atoms with Crippen LogP contribution in [0.25, 0.3) is 0 Å². The van der Waals surface area contributed by atoms with Gasteiger partial charge in [-0.1, -0.05) is 116 Å². The summed E-state index contributed by atoms with van der Waals surface area (Å²) in [5, 5.41) is 32.8. The first kappa shape index (κ1) is 33.1. The predicted molar refractivity (Wildman–Crippen MR) is 144 cm³/mol. The summed E-state index contributed by atoms with van der Waals surface area (Å²) in [6.45, 7) is 4.15. The summed E-state index contributed by atoms with van der Waals surface area (Å²) in [7, 11) is 0. The molecule has 202 valence electrons. The molecule has 34 heavy (non-hydrogen) atoms. The summed E-state index contributed by atoms with van der Waals surface area (Å²) < 4.78 is 0. The smallest absolute Gasteiger partial charge is 0.222 e. The van der Waals surface area contributed by atoms with Gasteiger partial charge in [0, 0.05) is 0 Å². The maximum atomic E-state index is 12.2. The summed E-state index contributed by atoms with van der Waals surface area (Å²) >= 11 is 0. The molecule has 0 aromatic heterocycles. The van der Waals surface area contributed by atoms with Crippen molar-refractivity contribution in [2.45, 2.75) is 161 Å². The Labute approximate surface area is 210 Å². The van der Waals surface area contributed by atoms with E-state index in [2.05, 4.69) is 31.3 Å². The highest BCUT2D eigenvalue weighted by atomic mass is 16.3. The van der Waals surface area contributed by atoms with E-state index >= 15 is 0 Å². The Morgan fingerprint density at radius 1 is 0.706 bits per heavy atom. The maximum Gasteiger partial charge on any atom is 0.222 e. The molecule has 0 aromatic carbocycles. The highest BCUT2D eigenvalue weighted by molar-refractivity contribution is 5.76. The SMILES string of the molecule is CCCC/C=C\CCCCC(O)CC(=O)NC(CO)C(O)CCCCCCCCCCCCC. The third-order valence-electron chi connectivity index (χ3n) is 6.58. The average molecular weight is 484 g/mol. The number of carbonyl (C=O) groups excluding carboxylic acids is 1. The van der Waals surface area contributed by atoms with E-state index in [-0.39, 0.29) is 18.9 Å². The van der Waals surface area contributed by atoms with E-state index in [9.17, 15) is 20.1 Å². The molecule has 5 nitrogen and oxygen atoms in total. The van der Waals surface area contributed by atoms with Crippen LogP contribution in [-0.2, 0) is 4.79 Å². The summed E-state index contributed by atoms with van der Waals surface area (Å²) in [5.74, 6) is -0.302. The molecular formula is C29H57NO4. The second kappa shape index (κ2) is 25.2. The Kier molecular flexibility index (Phi) is 24.5. The van der Waals surface area contributed by atoms with Crippen molar-refractivity contribution in [1.82, 2.24) is 5.32 Å². The van der Waals surface area contributed by atoms with Gasteiger partial charge in [-0.05, 0) is 32.1 Å². The lowest BCUT2D eigenvalue weighted by Crippen LogP contribution is -2.46. The number of amides is 1. The van der Waals surface area contributed by atoms with Crippen LogP contribution in [0, 0.1) is 0 Å². The third kappa shape index (κ3) is 21.6. The molecule has 0 aliphatic rings. The molecule has 0 radical (unpaired) electrons. The van der Waals surface area contributed by atoms with Gasteiger partial charge in [-0.2, -0.15) is 0 Å². The third-order valence-corrected chi connectivity index (χ3v) is 6.58. The van der Waals surface area contributed by atoms with Crippen molar-refractivity contribution in [3.63, 3.8) is 0 Å². The number of carbonyl (C=O) groups is 1. The summed E-state index contributed by atoms with van der Waals surface area (Å²) in [4.78, 5) is 12.2. The first-order valence-electron chi connectivity index (χ1n) is 14.5. The van der Waals surface area contributed by atoms with Gasteiger partial charge >= 0.3 is 0 Å². The highest BCUT2D eigenvalue weighted by Crippen LogP contribution is 2.14. The fourth-order valence-electron chi connectivity index (χ4n) is 4.26. The molecule has 0 aromatic rings. The van der Waals surface area contributed by atoms with Gasteiger partial charge in [0.2, 0.25) is 5.91 Å². The summed E-state index contributed by atoms with van der Waals surface area (Å²) in [5.41, 5.74) is 0. The van der Waals surface area contributed by atoms with Crippen LogP contribution in [-0.4, -0.2) is 46.1 Å². The van der Waals surface area contributed by atoms with Gasteiger partial charge in [0.25, 0.3) is 0 Å². The fraction of sp³-hybridized carbons (Fsp3) is 0.897. The monoisotopic (exact) mass is 483 g/mol. The minimum Gasteiger partial charge on any atom is -0.394 e. The first-order chi connectivity index (χ1) is 16.5. The van der Waals surface area contributed by atoms with Crippen molar-refractivity contribution >= 4 is 5.91 Å². The zero-order valence-electron chi connectivity index (χ0n) is 22.5. The minimum atomic E-state index is -0.746. The molecule has 0 aliphatic heterocycles. The lowest BCUT2D eigenvalue weighted by atomic mass is 10.0. The first-order valence-corrected chi connectivity index (χ1v) is 14.5. The van der Waals surface area contributed by atoms with Gasteiger partial charge in [-0.15, -0.1) is 0 Å². The molecule has 3 unspecified atom stereocenters. The second-order valence-electron chi connectivity index (χ2n) is 10.0. The van der Waals surface area contributed by atoms with Gasteiger partial charge in [0.15, 0.2) is 0 Å². The van der Waals surface area contributed by atoms with Crippen molar-refractivity contribution in [1.29, 1.82) is 0 Å². The molecule has 4 N–H and O–H groups in total. The van der Waals surface area contributed by atoms with E-state index in [1.54, 1.807) is 0 Å². The number of hydrogen-bond donors (Lipinski definition) is 4. The number of nitrogens with one attached hydrogen (secondary N) is 1. The van der Waals surface area contributed by atoms with E-state index in [1.165, 1.54) is 70.6 Å². The Bertz CT molecular complexity index is 469. The van der Waals surface area contributed by atoms with Crippen LogP contribution < -0.4 is 5.32 Å². The lowest BCUT2D eigenvalue weighted by Gasteiger charge is -2.23. The maximum absolute atomic E-state index is 12.2. The topological polar surface area (TPSA) is 89.8 Å². The zero-order valence-corrected chi connectivity index (χ0v) is 22.5. The van der Waals surface area contributed by atoms with E-state index in [4.69, 9.17) is 0 Å². The van der Waals surface area contributed by atoms with E-state index in [0.29, 0.717) is 12.8 Å². The van der Waals surface area contributed by atoms with Crippen molar-refractivity contribution in [3.05, 3.63) is 12.2 Å². The quantitative estimate of drug-likeness (QED) is 0.0871. The van der Waals surface area contributed by atoms with Crippen molar-refractivity contribution < 1.29 is 20.1 Å². The van der Waals surface area contributed by atoms with E-state index < -0.39 is 18.2 Å². The lowest BCUT2D eigenvalue weighted by molar-refractivity contribution is -0.125. The van der Waals surface area contributed by atoms with E-state index in [1.807, 2.05) is 0 Å². The number of aliphatic hydroxyl groups is 3. The largest absolute Gasteiger partial charge is 0.394 e. The number of unbranched alkanes of at least 4 members (excludes halogenated alkanes) is 14. The Morgan fingerprint density at radius 2 is 1.21 bits per heavy atom. The van der Waals surface area contributed by atoms with Crippen molar-refractivity contribution in [3.8, 4) is 0 Å². The van der Waals surface area contributed by atoms with Gasteiger partial charge in [0.1, 0.15) is 0 Å². The molecule has 0 rings (SSSR count).